The first-order valence-electron chi connectivity index (χ1n) is 14.4. The Labute approximate surface area is 255 Å². The summed E-state index contributed by atoms with van der Waals surface area (Å²) in [7, 11) is -3.66. The highest BCUT2D eigenvalue weighted by Crippen LogP contribution is 2.37. The Hall–Kier alpha value is -3.71. The predicted octanol–water partition coefficient (Wildman–Crippen LogP) is 5.60. The van der Waals surface area contributed by atoms with E-state index in [-0.39, 0.29) is 22.6 Å². The molecule has 1 saturated carbocycles. The topological polar surface area (TPSA) is 116 Å². The molecule has 2 heterocycles. The average molecular weight is 620 g/mol. The van der Waals surface area contributed by atoms with Gasteiger partial charge in [0.1, 0.15) is 5.75 Å². The van der Waals surface area contributed by atoms with Crippen LogP contribution in [0.4, 0.5) is 5.69 Å². The molecule has 1 N–H and O–H groups in total. The average Bonchev–Trinajstić information content (AvgIpc) is 3.72. The summed E-state index contributed by atoms with van der Waals surface area (Å²) in [6, 6.07) is 23.8. The molecule has 0 atom stereocenters. The Morgan fingerprint density at radius 2 is 1.70 bits per heavy atom. The smallest absolute Gasteiger partial charge is 0.243 e. The van der Waals surface area contributed by atoms with Gasteiger partial charge in [-0.05, 0) is 49.2 Å². The maximum Gasteiger partial charge on any atom is 0.243 e. The van der Waals surface area contributed by atoms with Gasteiger partial charge < -0.3 is 14.8 Å². The molecule has 6 rings (SSSR count). The zero-order chi connectivity index (χ0) is 29.6. The molecule has 1 aliphatic carbocycles. The van der Waals surface area contributed by atoms with E-state index in [1.807, 2.05) is 54.6 Å². The van der Waals surface area contributed by atoms with E-state index in [0.29, 0.717) is 60.0 Å². The van der Waals surface area contributed by atoms with Crippen LogP contribution in [0.1, 0.15) is 31.7 Å². The Kier molecular flexibility index (Phi) is 9.08. The summed E-state index contributed by atoms with van der Waals surface area (Å²) in [6.07, 6.45) is 4.13. The van der Waals surface area contributed by atoms with Crippen LogP contribution in [0.5, 0.6) is 11.5 Å². The van der Waals surface area contributed by atoms with E-state index >= 15 is 0 Å². The maximum absolute atomic E-state index is 13.3. The van der Waals surface area contributed by atoms with Crippen LogP contribution in [-0.4, -0.2) is 65.5 Å². The van der Waals surface area contributed by atoms with Crippen molar-refractivity contribution in [3.05, 3.63) is 78.9 Å². The number of carbonyl (C=O) groups excluding carboxylic acids is 1. The molecule has 12 heteroatoms. The lowest BCUT2D eigenvalue weighted by Gasteiger charge is -2.26. The molecule has 1 saturated heterocycles. The number of carbonyl (C=O) groups is 1. The normalized spacial score (nSPS) is 16.3. The molecule has 2 fully saturated rings. The number of sulfonamides is 1. The second-order valence-electron chi connectivity index (χ2n) is 10.4. The van der Waals surface area contributed by atoms with Crippen molar-refractivity contribution in [2.75, 3.05) is 37.4 Å². The van der Waals surface area contributed by atoms with Crippen molar-refractivity contribution >= 4 is 33.4 Å². The van der Waals surface area contributed by atoms with Gasteiger partial charge in [0.15, 0.2) is 16.7 Å². The zero-order valence-electron chi connectivity index (χ0n) is 23.6. The third-order valence-corrected chi connectivity index (χ3v) is 10.4. The van der Waals surface area contributed by atoms with Crippen molar-refractivity contribution in [2.45, 2.75) is 41.8 Å². The Morgan fingerprint density at radius 3 is 2.49 bits per heavy atom. The molecule has 4 aromatic rings. The lowest BCUT2D eigenvalue weighted by Crippen LogP contribution is -2.40. The fourth-order valence-corrected chi connectivity index (χ4v) is 7.65. The number of ether oxygens (including phenoxy) is 2. The van der Waals surface area contributed by atoms with Crippen LogP contribution in [0.2, 0.25) is 0 Å². The standard InChI is InChI=1S/C31H33N5O5S2/c37-29(32-27-15-6-7-16-28(27)41-25-12-2-1-3-13-25)22-42-31-34-33-30(36(31)24-10-4-5-11-24)23-9-8-14-26(21-23)43(38,39)35-17-19-40-20-18-35/h1-3,6-9,12-16,21,24H,4-5,10-11,17-20,22H2,(H,32,37). The first-order valence-corrected chi connectivity index (χ1v) is 16.8. The minimum Gasteiger partial charge on any atom is -0.455 e. The van der Waals surface area contributed by atoms with Crippen LogP contribution >= 0.6 is 11.8 Å². The molecule has 0 bridgehead atoms. The number of morpholine rings is 1. The number of hydrogen-bond acceptors (Lipinski definition) is 8. The number of nitrogens with one attached hydrogen (secondary N) is 1. The van der Waals surface area contributed by atoms with Crippen molar-refractivity contribution in [3.8, 4) is 22.9 Å². The van der Waals surface area contributed by atoms with Crippen LogP contribution in [0.3, 0.4) is 0 Å². The Morgan fingerprint density at radius 1 is 0.953 bits per heavy atom. The number of nitrogens with zero attached hydrogens (tertiary/aromatic N) is 4. The molecule has 0 spiro atoms. The van der Waals surface area contributed by atoms with E-state index in [9.17, 15) is 13.2 Å². The largest absolute Gasteiger partial charge is 0.455 e. The molecule has 43 heavy (non-hydrogen) atoms. The quantitative estimate of drug-likeness (QED) is 0.228. The molecular weight excluding hydrogens is 587 g/mol. The van der Waals surface area contributed by atoms with Gasteiger partial charge >= 0.3 is 0 Å². The minimum absolute atomic E-state index is 0.121. The molecule has 0 unspecified atom stereocenters. The third-order valence-electron chi connectivity index (χ3n) is 7.52. The summed E-state index contributed by atoms with van der Waals surface area (Å²) in [5, 5.41) is 12.6. The van der Waals surface area contributed by atoms with Gasteiger partial charge in [-0.25, -0.2) is 8.42 Å². The predicted molar refractivity (Wildman–Crippen MR) is 165 cm³/mol. The fraction of sp³-hybridized carbons (Fsp3) is 0.323. The number of benzene rings is 3. The summed E-state index contributed by atoms with van der Waals surface area (Å²) in [5.41, 5.74) is 1.25. The summed E-state index contributed by atoms with van der Waals surface area (Å²) in [6.45, 7) is 1.43. The maximum atomic E-state index is 13.3. The molecule has 1 aliphatic heterocycles. The van der Waals surface area contributed by atoms with Crippen molar-refractivity contribution in [3.63, 3.8) is 0 Å². The van der Waals surface area contributed by atoms with Crippen LogP contribution < -0.4 is 10.1 Å². The second kappa shape index (κ2) is 13.3. The number of para-hydroxylation sites is 3. The number of anilines is 1. The van der Waals surface area contributed by atoms with Gasteiger partial charge in [-0.1, -0.05) is 67.1 Å². The summed E-state index contributed by atoms with van der Waals surface area (Å²) < 4.78 is 41.5. The van der Waals surface area contributed by atoms with Crippen molar-refractivity contribution in [2.24, 2.45) is 0 Å². The van der Waals surface area contributed by atoms with Crippen LogP contribution in [0, 0.1) is 0 Å². The van der Waals surface area contributed by atoms with Crippen LogP contribution in [0.25, 0.3) is 11.4 Å². The lowest BCUT2D eigenvalue weighted by molar-refractivity contribution is -0.113. The minimum atomic E-state index is -3.66. The van der Waals surface area contributed by atoms with E-state index < -0.39 is 10.0 Å². The van der Waals surface area contributed by atoms with E-state index in [0.717, 1.165) is 25.7 Å². The van der Waals surface area contributed by atoms with Crippen molar-refractivity contribution in [1.82, 2.24) is 19.1 Å². The van der Waals surface area contributed by atoms with Gasteiger partial charge in [-0.15, -0.1) is 10.2 Å². The SMILES string of the molecule is O=C(CSc1nnc(-c2cccc(S(=O)(=O)N3CCOCC3)c2)n1C1CCCC1)Nc1ccccc1Oc1ccccc1. The highest BCUT2D eigenvalue weighted by molar-refractivity contribution is 7.99. The van der Waals surface area contributed by atoms with Gasteiger partial charge in [0.25, 0.3) is 0 Å². The molecule has 1 aromatic heterocycles. The van der Waals surface area contributed by atoms with Gasteiger partial charge in [0.2, 0.25) is 15.9 Å². The summed E-state index contributed by atoms with van der Waals surface area (Å²) in [5.74, 6) is 1.76. The third kappa shape index (κ3) is 6.77. The number of aromatic nitrogens is 3. The van der Waals surface area contributed by atoms with Gasteiger partial charge in [-0.3, -0.25) is 9.36 Å². The van der Waals surface area contributed by atoms with Gasteiger partial charge in [-0.2, -0.15) is 4.31 Å². The molecule has 1 amide bonds. The monoisotopic (exact) mass is 619 g/mol. The second-order valence-corrected chi connectivity index (χ2v) is 13.3. The first kappa shape index (κ1) is 29.4. The molecule has 3 aromatic carbocycles. The highest BCUT2D eigenvalue weighted by atomic mass is 32.2. The van der Waals surface area contributed by atoms with E-state index in [1.54, 1.807) is 24.3 Å². The highest BCUT2D eigenvalue weighted by Gasteiger charge is 2.29. The first-order chi connectivity index (χ1) is 21.0. The van der Waals surface area contributed by atoms with Crippen LogP contribution in [-0.2, 0) is 19.6 Å². The number of amides is 1. The molecular formula is C31H33N5O5S2. The number of rotatable bonds is 10. The van der Waals surface area contributed by atoms with Gasteiger partial charge in [0.05, 0.1) is 29.5 Å². The zero-order valence-corrected chi connectivity index (χ0v) is 25.2. The molecule has 0 radical (unpaired) electrons. The van der Waals surface area contributed by atoms with E-state index in [1.165, 1.54) is 16.1 Å². The van der Waals surface area contributed by atoms with E-state index in [2.05, 4.69) is 20.1 Å². The number of hydrogen-bond donors (Lipinski definition) is 1. The molecule has 10 nitrogen and oxygen atoms in total. The number of thioether (sulfide) groups is 1. The van der Waals surface area contributed by atoms with Crippen molar-refractivity contribution in [1.29, 1.82) is 0 Å². The lowest BCUT2D eigenvalue weighted by atomic mass is 10.2. The van der Waals surface area contributed by atoms with Crippen molar-refractivity contribution < 1.29 is 22.7 Å². The Balaban J connectivity index is 1.20. The summed E-state index contributed by atoms with van der Waals surface area (Å²) in [4.78, 5) is 13.3. The fourth-order valence-electron chi connectivity index (χ4n) is 5.39. The van der Waals surface area contributed by atoms with Gasteiger partial charge in [0, 0.05) is 24.7 Å². The molecule has 224 valence electrons. The van der Waals surface area contributed by atoms with Crippen LogP contribution in [0.15, 0.2) is 88.9 Å². The molecule has 2 aliphatic rings. The summed E-state index contributed by atoms with van der Waals surface area (Å²) >= 11 is 1.32. The van der Waals surface area contributed by atoms with E-state index in [4.69, 9.17) is 9.47 Å². The Bertz CT molecular complexity index is 1670.